The largest absolute Gasteiger partial charge is 0.313 e. The van der Waals surface area contributed by atoms with Gasteiger partial charge in [0.1, 0.15) is 0 Å². The summed E-state index contributed by atoms with van der Waals surface area (Å²) in [6.45, 7) is 8.47. The normalized spacial score (nSPS) is 16.7. The van der Waals surface area contributed by atoms with Gasteiger partial charge in [0.25, 0.3) is 0 Å². The van der Waals surface area contributed by atoms with E-state index in [0.29, 0.717) is 0 Å². The van der Waals surface area contributed by atoms with Gasteiger partial charge in [-0.15, -0.1) is 0 Å². The highest BCUT2D eigenvalue weighted by atomic mass is 15.3. The minimum Gasteiger partial charge on any atom is -0.313 e. The van der Waals surface area contributed by atoms with Crippen molar-refractivity contribution in [2.75, 3.05) is 13.1 Å². The molecule has 0 amide bonds. The van der Waals surface area contributed by atoms with Gasteiger partial charge in [0, 0.05) is 23.7 Å². The van der Waals surface area contributed by atoms with E-state index in [9.17, 15) is 0 Å². The Morgan fingerprint density at radius 3 is 2.74 bits per heavy atom. The van der Waals surface area contributed by atoms with Gasteiger partial charge in [-0.05, 0) is 39.3 Å². The van der Waals surface area contributed by atoms with Crippen molar-refractivity contribution in [2.45, 2.75) is 32.7 Å². The van der Waals surface area contributed by atoms with Crippen LogP contribution in [-0.2, 0) is 5.54 Å². The van der Waals surface area contributed by atoms with Crippen molar-refractivity contribution in [1.82, 2.24) is 20.1 Å². The minimum absolute atomic E-state index is 0.0233. The Kier molecular flexibility index (Phi) is 2.90. The second kappa shape index (κ2) is 4.46. The molecule has 19 heavy (non-hydrogen) atoms. The summed E-state index contributed by atoms with van der Waals surface area (Å²) in [6.07, 6.45) is 9.17. The Hall–Kier alpha value is -1.68. The van der Waals surface area contributed by atoms with Crippen LogP contribution >= 0.6 is 0 Å². The number of hydrogen-bond donors (Lipinski definition) is 1. The van der Waals surface area contributed by atoms with Crippen LogP contribution in [0.25, 0.3) is 16.5 Å². The highest BCUT2D eigenvalue weighted by Crippen LogP contribution is 2.29. The predicted octanol–water partition coefficient (Wildman–Crippen LogP) is 2.56. The van der Waals surface area contributed by atoms with Gasteiger partial charge in [-0.25, -0.2) is 0 Å². The van der Waals surface area contributed by atoms with Gasteiger partial charge in [0.2, 0.25) is 0 Å². The van der Waals surface area contributed by atoms with Crippen molar-refractivity contribution in [2.24, 2.45) is 0 Å². The smallest absolute Gasteiger partial charge is 0.0877 e. The first-order valence-electron chi connectivity index (χ1n) is 6.80. The lowest BCUT2D eigenvalue weighted by Gasteiger charge is -2.20. The van der Waals surface area contributed by atoms with Crippen molar-refractivity contribution in [3.8, 4) is 0 Å². The van der Waals surface area contributed by atoms with Gasteiger partial charge < -0.3 is 5.32 Å². The molecule has 0 spiro atoms. The fourth-order valence-electron chi connectivity index (χ4n) is 2.60. The van der Waals surface area contributed by atoms with E-state index in [0.717, 1.165) is 25.0 Å². The number of aromatic nitrogens is 3. The van der Waals surface area contributed by atoms with Crippen LogP contribution in [0.3, 0.4) is 0 Å². The summed E-state index contributed by atoms with van der Waals surface area (Å²) in [7, 11) is 0. The first kappa shape index (κ1) is 12.4. The number of pyridine rings is 1. The minimum atomic E-state index is -0.0233. The molecule has 2 aromatic rings. The second-order valence-corrected chi connectivity index (χ2v) is 6.03. The molecule has 1 aliphatic heterocycles. The van der Waals surface area contributed by atoms with Crippen LogP contribution in [0.5, 0.6) is 0 Å². The number of nitrogens with one attached hydrogen (secondary N) is 1. The maximum Gasteiger partial charge on any atom is 0.0877 e. The van der Waals surface area contributed by atoms with E-state index < -0.39 is 0 Å². The maximum atomic E-state index is 4.56. The Morgan fingerprint density at radius 1 is 1.21 bits per heavy atom. The SMILES string of the molecule is CC(C)(C)n1ncc2c(C3=CCNCC3)cncc21. The zero-order valence-electron chi connectivity index (χ0n) is 11.8. The third-order valence-corrected chi connectivity index (χ3v) is 3.54. The maximum absolute atomic E-state index is 4.56. The lowest BCUT2D eigenvalue weighted by atomic mass is 9.99. The molecule has 2 aromatic heterocycles. The molecule has 100 valence electrons. The first-order valence-corrected chi connectivity index (χ1v) is 6.80. The standard InChI is InChI=1S/C15H20N4/c1-15(2,3)19-14-10-17-8-12(13(14)9-18-19)11-4-6-16-7-5-11/h4,8-10,16H,5-7H2,1-3H3. The molecule has 0 atom stereocenters. The van der Waals surface area contributed by atoms with Gasteiger partial charge in [-0.2, -0.15) is 5.10 Å². The lowest BCUT2D eigenvalue weighted by Crippen LogP contribution is -2.23. The van der Waals surface area contributed by atoms with Gasteiger partial charge in [-0.3, -0.25) is 9.67 Å². The molecule has 0 aliphatic carbocycles. The van der Waals surface area contributed by atoms with Crippen molar-refractivity contribution < 1.29 is 0 Å². The molecule has 3 rings (SSSR count). The molecule has 0 radical (unpaired) electrons. The van der Waals surface area contributed by atoms with Crippen LogP contribution in [0.15, 0.2) is 24.7 Å². The van der Waals surface area contributed by atoms with E-state index in [1.165, 1.54) is 16.5 Å². The molecular weight excluding hydrogens is 236 g/mol. The van der Waals surface area contributed by atoms with Crippen LogP contribution < -0.4 is 5.32 Å². The third-order valence-electron chi connectivity index (χ3n) is 3.54. The average Bonchev–Trinajstić information content (AvgIpc) is 2.83. The fourth-order valence-corrected chi connectivity index (χ4v) is 2.60. The van der Waals surface area contributed by atoms with Crippen molar-refractivity contribution in [3.63, 3.8) is 0 Å². The van der Waals surface area contributed by atoms with E-state index >= 15 is 0 Å². The summed E-state index contributed by atoms with van der Waals surface area (Å²) in [5.41, 5.74) is 3.70. The van der Waals surface area contributed by atoms with Gasteiger partial charge in [0.15, 0.2) is 0 Å². The number of hydrogen-bond acceptors (Lipinski definition) is 3. The van der Waals surface area contributed by atoms with Crippen molar-refractivity contribution >= 4 is 16.5 Å². The van der Waals surface area contributed by atoms with Crippen molar-refractivity contribution in [1.29, 1.82) is 0 Å². The van der Waals surface area contributed by atoms with E-state index in [-0.39, 0.29) is 5.54 Å². The van der Waals surface area contributed by atoms with Crippen molar-refractivity contribution in [3.05, 3.63) is 30.2 Å². The van der Waals surface area contributed by atoms with E-state index in [1.54, 1.807) is 0 Å². The van der Waals surface area contributed by atoms with E-state index in [1.807, 2.05) is 18.6 Å². The number of fused-ring (bicyclic) bond motifs is 1. The Balaban J connectivity index is 2.17. The van der Waals surface area contributed by atoms with Crippen LogP contribution in [0.2, 0.25) is 0 Å². The number of rotatable bonds is 1. The Labute approximate surface area is 113 Å². The first-order chi connectivity index (χ1) is 9.07. The quantitative estimate of drug-likeness (QED) is 0.852. The van der Waals surface area contributed by atoms with Gasteiger partial charge in [0.05, 0.1) is 23.4 Å². The predicted molar refractivity (Wildman–Crippen MR) is 78.0 cm³/mol. The third kappa shape index (κ3) is 2.16. The zero-order valence-corrected chi connectivity index (χ0v) is 11.8. The van der Waals surface area contributed by atoms with E-state index in [4.69, 9.17) is 0 Å². The summed E-state index contributed by atoms with van der Waals surface area (Å²) in [4.78, 5) is 4.41. The molecule has 4 heteroatoms. The van der Waals surface area contributed by atoms with Crippen LogP contribution in [0.1, 0.15) is 32.8 Å². The number of nitrogens with zero attached hydrogens (tertiary/aromatic N) is 3. The van der Waals surface area contributed by atoms with Crippen LogP contribution in [0, 0.1) is 0 Å². The molecule has 3 heterocycles. The van der Waals surface area contributed by atoms with E-state index in [2.05, 4.69) is 46.9 Å². The highest BCUT2D eigenvalue weighted by Gasteiger charge is 2.19. The molecule has 0 bridgehead atoms. The molecule has 1 aliphatic rings. The molecule has 0 unspecified atom stereocenters. The molecule has 0 aromatic carbocycles. The molecule has 4 nitrogen and oxygen atoms in total. The molecule has 1 N–H and O–H groups in total. The van der Waals surface area contributed by atoms with Gasteiger partial charge >= 0.3 is 0 Å². The zero-order chi connectivity index (χ0) is 13.5. The van der Waals surface area contributed by atoms with Gasteiger partial charge in [-0.1, -0.05) is 6.08 Å². The topological polar surface area (TPSA) is 42.7 Å². The molecular formula is C15H20N4. The lowest BCUT2D eigenvalue weighted by molar-refractivity contribution is 0.368. The Morgan fingerprint density at radius 2 is 2.05 bits per heavy atom. The average molecular weight is 256 g/mol. The van der Waals surface area contributed by atoms with Crippen LogP contribution in [-0.4, -0.2) is 27.9 Å². The second-order valence-electron chi connectivity index (χ2n) is 6.03. The van der Waals surface area contributed by atoms with Crippen LogP contribution in [0.4, 0.5) is 0 Å². The highest BCUT2D eigenvalue weighted by molar-refractivity contribution is 5.91. The summed E-state index contributed by atoms with van der Waals surface area (Å²) in [5, 5.41) is 9.11. The summed E-state index contributed by atoms with van der Waals surface area (Å²) >= 11 is 0. The summed E-state index contributed by atoms with van der Waals surface area (Å²) in [6, 6.07) is 0. The Bertz CT molecular complexity index is 631. The molecule has 0 fully saturated rings. The fraction of sp³-hybridized carbons (Fsp3) is 0.467. The molecule has 0 saturated heterocycles. The monoisotopic (exact) mass is 256 g/mol. The summed E-state index contributed by atoms with van der Waals surface area (Å²) < 4.78 is 2.06. The molecule has 0 saturated carbocycles. The summed E-state index contributed by atoms with van der Waals surface area (Å²) in [5.74, 6) is 0.